The Morgan fingerprint density at radius 2 is 1.39 bits per heavy atom. The third-order valence-corrected chi connectivity index (χ3v) is 6.90. The van der Waals surface area contributed by atoms with E-state index in [9.17, 15) is 14.7 Å². The minimum absolute atomic E-state index is 0.110. The van der Waals surface area contributed by atoms with E-state index in [-0.39, 0.29) is 17.7 Å². The van der Waals surface area contributed by atoms with Crippen molar-refractivity contribution < 1.29 is 24.2 Å². The number of hydrogen-bond donors (Lipinski definition) is 1. The molecule has 5 nitrogen and oxygen atoms in total. The van der Waals surface area contributed by atoms with Crippen LogP contribution in [0.5, 0.6) is 11.5 Å². The van der Waals surface area contributed by atoms with Gasteiger partial charge in [-0.15, -0.1) is 0 Å². The highest BCUT2D eigenvalue weighted by Gasteiger charge is 2.16. The summed E-state index contributed by atoms with van der Waals surface area (Å²) in [6.45, 7) is 12.0. The molecule has 0 aliphatic heterocycles. The number of aromatic hydroxyl groups is 1. The second kappa shape index (κ2) is 15.0. The van der Waals surface area contributed by atoms with Crippen molar-refractivity contribution in [2.75, 3.05) is 7.11 Å². The number of ether oxygens (including phenoxy) is 2. The van der Waals surface area contributed by atoms with Gasteiger partial charge in [0.15, 0.2) is 0 Å². The van der Waals surface area contributed by atoms with Gasteiger partial charge in [0.05, 0.1) is 7.11 Å². The number of phenolic OH excluding ortho intramolecular Hbond substituents is 1. The molecule has 0 radical (unpaired) electrons. The average molecular weight is 463 g/mol. The van der Waals surface area contributed by atoms with Crippen LogP contribution in [0.2, 0.25) is 0 Å². The maximum Gasteiger partial charge on any atom is 0.308 e. The van der Waals surface area contributed by atoms with Gasteiger partial charge in [0.1, 0.15) is 11.5 Å². The summed E-state index contributed by atoms with van der Waals surface area (Å²) in [6, 6.07) is 1.75. The number of esters is 2. The smallest absolute Gasteiger partial charge is 0.308 e. The lowest BCUT2D eigenvalue weighted by atomic mass is 9.90. The van der Waals surface area contributed by atoms with Gasteiger partial charge in [-0.05, 0) is 73.6 Å². The van der Waals surface area contributed by atoms with Crippen LogP contribution in [0.3, 0.4) is 0 Å². The molecule has 33 heavy (non-hydrogen) atoms. The van der Waals surface area contributed by atoms with Crippen molar-refractivity contribution >= 4 is 11.9 Å². The predicted octanol–water partition coefficient (Wildman–Crippen LogP) is 7.07. The first-order valence-electron chi connectivity index (χ1n) is 12.6. The van der Waals surface area contributed by atoms with Gasteiger partial charge in [-0.1, -0.05) is 59.3 Å². The number of benzene rings is 1. The first-order chi connectivity index (χ1) is 15.5. The molecule has 0 aromatic heterocycles. The van der Waals surface area contributed by atoms with Crippen LogP contribution >= 0.6 is 0 Å². The monoisotopic (exact) mass is 462 g/mol. The van der Waals surface area contributed by atoms with E-state index >= 15 is 0 Å². The third kappa shape index (κ3) is 11.1. The van der Waals surface area contributed by atoms with Gasteiger partial charge < -0.3 is 14.6 Å². The Morgan fingerprint density at radius 1 is 0.879 bits per heavy atom. The summed E-state index contributed by atoms with van der Waals surface area (Å²) < 4.78 is 10.2. The van der Waals surface area contributed by atoms with Crippen molar-refractivity contribution in [1.82, 2.24) is 0 Å². The number of carbonyl (C=O) groups excluding carboxylic acids is 2. The third-order valence-electron chi connectivity index (χ3n) is 6.90. The molecular weight excluding hydrogens is 416 g/mol. The number of methoxy groups -OCH3 is 1. The standard InChI is InChI=1S/C28H46O5/c1-19(11-9-13-21(3)15-17-27(31)32-7)10-8-12-20(2)14-16-25-18-26(30)22(4)23(5)28(25)33-24(6)29/h18-21,30H,8-17H2,1-7H3. The maximum atomic E-state index is 11.5. The van der Waals surface area contributed by atoms with Gasteiger partial charge in [-0.3, -0.25) is 9.59 Å². The van der Waals surface area contributed by atoms with Crippen LogP contribution in [0.4, 0.5) is 0 Å². The van der Waals surface area contributed by atoms with E-state index in [4.69, 9.17) is 9.47 Å². The quantitative estimate of drug-likeness (QED) is 0.223. The van der Waals surface area contributed by atoms with Crippen molar-refractivity contribution in [3.63, 3.8) is 0 Å². The van der Waals surface area contributed by atoms with E-state index in [0.717, 1.165) is 41.9 Å². The van der Waals surface area contributed by atoms with Crippen LogP contribution in [-0.2, 0) is 20.7 Å². The summed E-state index contributed by atoms with van der Waals surface area (Å²) in [4.78, 5) is 22.8. The van der Waals surface area contributed by atoms with Crippen molar-refractivity contribution in [3.8, 4) is 11.5 Å². The molecular formula is C28H46O5. The lowest BCUT2D eigenvalue weighted by Crippen LogP contribution is -2.08. The minimum Gasteiger partial charge on any atom is -0.508 e. The molecule has 188 valence electrons. The molecule has 1 aromatic rings. The molecule has 0 saturated heterocycles. The fourth-order valence-electron chi connectivity index (χ4n) is 4.34. The highest BCUT2D eigenvalue weighted by Crippen LogP contribution is 2.34. The molecule has 0 fully saturated rings. The number of carbonyl (C=O) groups is 2. The topological polar surface area (TPSA) is 72.8 Å². The highest BCUT2D eigenvalue weighted by molar-refractivity contribution is 5.71. The SMILES string of the molecule is COC(=O)CCC(C)CCCC(C)CCCC(C)CCc1cc(O)c(C)c(C)c1OC(C)=O. The zero-order valence-electron chi connectivity index (χ0n) is 22.0. The van der Waals surface area contributed by atoms with Crippen molar-refractivity contribution in [3.05, 3.63) is 22.8 Å². The fourth-order valence-corrected chi connectivity index (χ4v) is 4.34. The van der Waals surface area contributed by atoms with Crippen LogP contribution in [-0.4, -0.2) is 24.2 Å². The number of phenols is 1. The van der Waals surface area contributed by atoms with E-state index < -0.39 is 0 Å². The Labute approximate surface area is 201 Å². The molecule has 0 saturated carbocycles. The molecule has 0 aliphatic carbocycles. The van der Waals surface area contributed by atoms with Crippen molar-refractivity contribution in [1.29, 1.82) is 0 Å². The molecule has 1 rings (SSSR count). The van der Waals surface area contributed by atoms with Crippen LogP contribution in [0.1, 0.15) is 102 Å². The second-order valence-electron chi connectivity index (χ2n) is 10.1. The fraction of sp³-hybridized carbons (Fsp3) is 0.714. The molecule has 0 bridgehead atoms. The van der Waals surface area contributed by atoms with Crippen LogP contribution in [0.25, 0.3) is 0 Å². The van der Waals surface area contributed by atoms with Gasteiger partial charge in [-0.2, -0.15) is 0 Å². The van der Waals surface area contributed by atoms with E-state index in [2.05, 4.69) is 20.8 Å². The highest BCUT2D eigenvalue weighted by atomic mass is 16.5. The van der Waals surface area contributed by atoms with Gasteiger partial charge >= 0.3 is 11.9 Å². The number of rotatable bonds is 15. The maximum absolute atomic E-state index is 11.5. The largest absolute Gasteiger partial charge is 0.508 e. The molecule has 1 aromatic carbocycles. The Bertz CT molecular complexity index is 755. The van der Waals surface area contributed by atoms with Gasteiger partial charge in [0, 0.05) is 13.3 Å². The summed E-state index contributed by atoms with van der Waals surface area (Å²) in [6.07, 6.45) is 10.5. The zero-order chi connectivity index (χ0) is 25.0. The van der Waals surface area contributed by atoms with Gasteiger partial charge in [-0.25, -0.2) is 0 Å². The van der Waals surface area contributed by atoms with Crippen molar-refractivity contribution in [2.24, 2.45) is 17.8 Å². The molecule has 3 unspecified atom stereocenters. The molecule has 1 N–H and O–H groups in total. The minimum atomic E-state index is -0.329. The Kier molecular flexibility index (Phi) is 13.2. The van der Waals surface area contributed by atoms with Gasteiger partial charge in [0.25, 0.3) is 0 Å². The number of aryl methyl sites for hydroxylation is 1. The first kappa shape index (κ1) is 29.0. The predicted molar refractivity (Wildman–Crippen MR) is 134 cm³/mol. The molecule has 0 amide bonds. The Balaban J connectivity index is 2.35. The molecule has 0 heterocycles. The molecule has 3 atom stereocenters. The van der Waals surface area contributed by atoms with Crippen LogP contribution < -0.4 is 4.74 Å². The molecule has 0 spiro atoms. The Morgan fingerprint density at radius 3 is 1.91 bits per heavy atom. The van der Waals surface area contributed by atoms with Gasteiger partial charge in [0.2, 0.25) is 0 Å². The number of hydrogen-bond acceptors (Lipinski definition) is 5. The summed E-state index contributed by atoms with van der Waals surface area (Å²) in [5, 5.41) is 10.2. The molecule has 5 heteroatoms. The van der Waals surface area contributed by atoms with E-state index in [1.807, 2.05) is 13.8 Å². The van der Waals surface area contributed by atoms with E-state index in [0.29, 0.717) is 24.0 Å². The van der Waals surface area contributed by atoms with E-state index in [1.165, 1.54) is 52.6 Å². The summed E-state index contributed by atoms with van der Waals surface area (Å²) in [5.41, 5.74) is 2.50. The Hall–Kier alpha value is -2.04. The van der Waals surface area contributed by atoms with E-state index in [1.54, 1.807) is 6.07 Å². The zero-order valence-corrected chi connectivity index (χ0v) is 22.0. The lowest BCUT2D eigenvalue weighted by Gasteiger charge is -2.18. The summed E-state index contributed by atoms with van der Waals surface area (Å²) in [7, 11) is 1.45. The normalized spacial score (nSPS) is 13.9. The molecule has 0 aliphatic rings. The van der Waals surface area contributed by atoms with Crippen molar-refractivity contribution in [2.45, 2.75) is 106 Å². The summed E-state index contributed by atoms with van der Waals surface area (Å²) in [5.74, 6) is 2.30. The van der Waals surface area contributed by atoms with Crippen LogP contribution in [0.15, 0.2) is 6.07 Å². The second-order valence-corrected chi connectivity index (χ2v) is 10.1. The average Bonchev–Trinajstić information content (AvgIpc) is 2.76. The summed E-state index contributed by atoms with van der Waals surface area (Å²) >= 11 is 0. The lowest BCUT2D eigenvalue weighted by molar-refractivity contribution is -0.141. The van der Waals surface area contributed by atoms with Crippen LogP contribution in [0, 0.1) is 31.6 Å². The first-order valence-corrected chi connectivity index (χ1v) is 12.6.